The molecule has 6 heteroatoms. The lowest BCUT2D eigenvalue weighted by Gasteiger charge is -2.12. The number of fused-ring (bicyclic) bond motifs is 4. The van der Waals surface area contributed by atoms with Gasteiger partial charge in [-0.1, -0.05) is 23.5 Å². The van der Waals surface area contributed by atoms with Crippen LogP contribution >= 0.6 is 11.3 Å². The van der Waals surface area contributed by atoms with Gasteiger partial charge < -0.3 is 9.15 Å². The Bertz CT molecular complexity index is 1280. The number of nitrogens with one attached hydrogen (secondary N) is 1. The van der Waals surface area contributed by atoms with E-state index >= 15 is 0 Å². The first-order chi connectivity index (χ1) is 15.1. The fourth-order valence-corrected chi connectivity index (χ4v) is 5.08. The number of para-hydroxylation sites is 1. The van der Waals surface area contributed by atoms with Crippen LogP contribution in [0.15, 0.2) is 46.9 Å². The number of benzene rings is 2. The minimum Gasteiger partial charge on any atom is -0.493 e. The van der Waals surface area contributed by atoms with Crippen molar-refractivity contribution in [1.29, 1.82) is 0 Å². The Labute approximate surface area is 184 Å². The SMILES string of the molecule is CCOc1cc2oc3c(c2cc1/C(C)=C/C(=O)Nc1nc2ccccc2s1)CCCC3. The van der Waals surface area contributed by atoms with Crippen molar-refractivity contribution < 1.29 is 13.9 Å². The first kappa shape index (κ1) is 19.8. The summed E-state index contributed by atoms with van der Waals surface area (Å²) in [6, 6.07) is 11.9. The molecule has 0 bridgehead atoms. The number of anilines is 1. The van der Waals surface area contributed by atoms with Gasteiger partial charge in [0.2, 0.25) is 5.91 Å². The van der Waals surface area contributed by atoms with Gasteiger partial charge in [-0.25, -0.2) is 4.98 Å². The Morgan fingerprint density at radius 3 is 2.94 bits per heavy atom. The summed E-state index contributed by atoms with van der Waals surface area (Å²) in [6.45, 7) is 4.44. The van der Waals surface area contributed by atoms with Crippen molar-refractivity contribution in [2.24, 2.45) is 0 Å². The van der Waals surface area contributed by atoms with Gasteiger partial charge in [-0.3, -0.25) is 10.1 Å². The Balaban J connectivity index is 1.47. The van der Waals surface area contributed by atoms with Crippen LogP contribution in [0.4, 0.5) is 5.13 Å². The summed E-state index contributed by atoms with van der Waals surface area (Å²) in [5, 5.41) is 4.63. The van der Waals surface area contributed by atoms with E-state index in [2.05, 4.69) is 16.4 Å². The molecule has 0 saturated carbocycles. The van der Waals surface area contributed by atoms with Crippen LogP contribution in [-0.4, -0.2) is 17.5 Å². The standard InChI is InChI=1S/C25H24N2O3S/c1-3-29-21-14-22-18(16-8-4-6-10-20(16)30-22)13-17(21)15(2)12-24(28)27-25-26-19-9-5-7-11-23(19)31-25/h5,7,9,11-14H,3-4,6,8,10H2,1-2H3,(H,26,27,28)/b15-12+. The quantitative estimate of drug-likeness (QED) is 0.373. The average Bonchev–Trinajstić information content (AvgIpc) is 3.33. The van der Waals surface area contributed by atoms with E-state index in [9.17, 15) is 4.79 Å². The number of ether oxygens (including phenoxy) is 1. The number of allylic oxidation sites excluding steroid dienone is 1. The molecule has 1 N–H and O–H groups in total. The maximum absolute atomic E-state index is 12.7. The van der Waals surface area contributed by atoms with Gasteiger partial charge in [0.25, 0.3) is 0 Å². The lowest BCUT2D eigenvalue weighted by Crippen LogP contribution is -2.08. The number of nitrogens with zero attached hydrogens (tertiary/aromatic N) is 1. The molecule has 5 rings (SSSR count). The van der Waals surface area contributed by atoms with Crippen molar-refractivity contribution in [3.05, 3.63) is 59.4 Å². The Kier molecular flexibility index (Phi) is 5.24. The van der Waals surface area contributed by atoms with Crippen LogP contribution in [0, 0.1) is 0 Å². The molecule has 2 aromatic heterocycles. The number of rotatable bonds is 5. The highest BCUT2D eigenvalue weighted by Gasteiger charge is 2.20. The molecular formula is C25H24N2O3S. The molecular weight excluding hydrogens is 408 g/mol. The van der Waals surface area contributed by atoms with Crippen LogP contribution in [0.25, 0.3) is 26.8 Å². The van der Waals surface area contributed by atoms with E-state index in [0.717, 1.165) is 56.7 Å². The Morgan fingerprint density at radius 1 is 1.26 bits per heavy atom. The smallest absolute Gasteiger partial charge is 0.250 e. The molecule has 0 radical (unpaired) electrons. The van der Waals surface area contributed by atoms with Crippen LogP contribution < -0.4 is 10.1 Å². The van der Waals surface area contributed by atoms with Gasteiger partial charge >= 0.3 is 0 Å². The predicted molar refractivity (Wildman–Crippen MR) is 126 cm³/mol. The zero-order valence-corrected chi connectivity index (χ0v) is 18.5. The average molecular weight is 433 g/mol. The van der Waals surface area contributed by atoms with Gasteiger partial charge in [-0.05, 0) is 56.9 Å². The number of hydrogen-bond donors (Lipinski definition) is 1. The fourth-order valence-electron chi connectivity index (χ4n) is 4.21. The fraction of sp³-hybridized carbons (Fsp3) is 0.280. The third kappa shape index (κ3) is 3.83. The first-order valence-corrected chi connectivity index (χ1v) is 11.5. The molecule has 2 aromatic carbocycles. The number of carbonyl (C=O) groups is 1. The normalized spacial score (nSPS) is 14.1. The van der Waals surface area contributed by atoms with Gasteiger partial charge in [-0.15, -0.1) is 0 Å². The minimum absolute atomic E-state index is 0.201. The molecule has 5 nitrogen and oxygen atoms in total. The van der Waals surface area contributed by atoms with Gasteiger partial charge in [0.1, 0.15) is 17.1 Å². The van der Waals surface area contributed by atoms with Crippen LogP contribution in [0.5, 0.6) is 5.75 Å². The van der Waals surface area contributed by atoms with Gasteiger partial charge in [0.05, 0.1) is 16.8 Å². The number of hydrogen-bond acceptors (Lipinski definition) is 5. The molecule has 0 aliphatic heterocycles. The molecule has 1 aliphatic rings. The lowest BCUT2D eigenvalue weighted by molar-refractivity contribution is -0.111. The number of furan rings is 1. The molecule has 0 spiro atoms. The summed E-state index contributed by atoms with van der Waals surface area (Å²) in [5.41, 5.74) is 4.82. The molecule has 4 aromatic rings. The third-order valence-corrected chi connectivity index (χ3v) is 6.61. The van der Waals surface area contributed by atoms with Crippen molar-refractivity contribution in [3.63, 3.8) is 0 Å². The second-order valence-electron chi connectivity index (χ2n) is 7.79. The highest BCUT2D eigenvalue weighted by molar-refractivity contribution is 7.22. The zero-order valence-electron chi connectivity index (χ0n) is 17.7. The minimum atomic E-state index is -0.201. The van der Waals surface area contributed by atoms with E-state index in [1.165, 1.54) is 29.7 Å². The summed E-state index contributed by atoms with van der Waals surface area (Å²) in [6.07, 6.45) is 5.99. The number of thiazole rings is 1. The second kappa shape index (κ2) is 8.19. The molecule has 1 aliphatic carbocycles. The molecule has 1 amide bonds. The largest absolute Gasteiger partial charge is 0.493 e. The molecule has 0 fully saturated rings. The lowest BCUT2D eigenvalue weighted by atomic mass is 9.94. The summed E-state index contributed by atoms with van der Waals surface area (Å²) in [5.74, 6) is 1.63. The third-order valence-electron chi connectivity index (χ3n) is 5.65. The molecule has 0 atom stereocenters. The van der Waals surface area contributed by atoms with Crippen molar-refractivity contribution in [1.82, 2.24) is 4.98 Å². The topological polar surface area (TPSA) is 64.4 Å². The molecule has 31 heavy (non-hydrogen) atoms. The van der Waals surface area contributed by atoms with Crippen molar-refractivity contribution >= 4 is 49.1 Å². The number of carbonyl (C=O) groups excluding carboxylic acids is 1. The predicted octanol–water partition coefficient (Wildman–Crippen LogP) is 6.36. The number of aryl methyl sites for hydroxylation is 2. The molecule has 0 unspecified atom stereocenters. The van der Waals surface area contributed by atoms with E-state index < -0.39 is 0 Å². The second-order valence-corrected chi connectivity index (χ2v) is 8.82. The van der Waals surface area contributed by atoms with E-state index in [-0.39, 0.29) is 5.91 Å². The van der Waals surface area contributed by atoms with Crippen LogP contribution in [0.1, 0.15) is 43.6 Å². The summed E-state index contributed by atoms with van der Waals surface area (Å²) in [4.78, 5) is 17.2. The summed E-state index contributed by atoms with van der Waals surface area (Å²) in [7, 11) is 0. The van der Waals surface area contributed by atoms with Gasteiger partial charge in [0.15, 0.2) is 5.13 Å². The summed E-state index contributed by atoms with van der Waals surface area (Å²) < 4.78 is 13.1. The van der Waals surface area contributed by atoms with Gasteiger partial charge in [-0.2, -0.15) is 0 Å². The maximum atomic E-state index is 12.7. The van der Waals surface area contributed by atoms with E-state index in [0.29, 0.717) is 11.7 Å². The van der Waals surface area contributed by atoms with Crippen molar-refractivity contribution in [2.75, 3.05) is 11.9 Å². The highest BCUT2D eigenvalue weighted by Crippen LogP contribution is 2.38. The van der Waals surface area contributed by atoms with Crippen molar-refractivity contribution in [2.45, 2.75) is 39.5 Å². The van der Waals surface area contributed by atoms with Crippen LogP contribution in [-0.2, 0) is 17.6 Å². The number of aromatic nitrogens is 1. The maximum Gasteiger partial charge on any atom is 0.250 e. The van der Waals surface area contributed by atoms with E-state index in [1.54, 1.807) is 6.08 Å². The van der Waals surface area contributed by atoms with Crippen LogP contribution in [0.2, 0.25) is 0 Å². The highest BCUT2D eigenvalue weighted by atomic mass is 32.1. The van der Waals surface area contributed by atoms with Crippen LogP contribution in [0.3, 0.4) is 0 Å². The Morgan fingerprint density at radius 2 is 2.10 bits per heavy atom. The van der Waals surface area contributed by atoms with E-state index in [1.807, 2.05) is 44.2 Å². The zero-order chi connectivity index (χ0) is 21.4. The molecule has 2 heterocycles. The first-order valence-electron chi connectivity index (χ1n) is 10.7. The molecule has 0 saturated heterocycles. The number of amides is 1. The summed E-state index contributed by atoms with van der Waals surface area (Å²) >= 11 is 1.47. The molecule has 158 valence electrons. The van der Waals surface area contributed by atoms with Gasteiger partial charge in [0, 0.05) is 35.1 Å². The monoisotopic (exact) mass is 432 g/mol. The van der Waals surface area contributed by atoms with Crippen molar-refractivity contribution in [3.8, 4) is 5.75 Å². The Hall–Kier alpha value is -3.12. The van der Waals surface area contributed by atoms with E-state index in [4.69, 9.17) is 9.15 Å².